The molecule has 0 amide bonds. The van der Waals surface area contributed by atoms with Crippen molar-refractivity contribution < 1.29 is 23.7 Å². The summed E-state index contributed by atoms with van der Waals surface area (Å²) in [7, 11) is 5.08. The molecule has 2 heterocycles. The van der Waals surface area contributed by atoms with Gasteiger partial charge in [-0.15, -0.1) is 0 Å². The van der Waals surface area contributed by atoms with Gasteiger partial charge in [-0.05, 0) is 64.8 Å². The molecule has 2 aliphatic rings. The minimum atomic E-state index is 0.110. The topological polar surface area (TPSA) is 49.4 Å². The molecule has 174 valence electrons. The van der Waals surface area contributed by atoms with Gasteiger partial charge in [-0.1, -0.05) is 26.0 Å². The number of rotatable bonds is 8. The minimum Gasteiger partial charge on any atom is -0.493 e. The Morgan fingerprint density at radius 1 is 1.06 bits per heavy atom. The molecular weight excluding hydrogens is 474 g/mol. The summed E-state index contributed by atoms with van der Waals surface area (Å²) in [5, 5.41) is 0. The number of nitrogens with zero attached hydrogens (tertiary/aromatic N) is 1. The summed E-state index contributed by atoms with van der Waals surface area (Å²) in [5.41, 5.74) is 3.51. The monoisotopic (exact) mass is 505 g/mol. The van der Waals surface area contributed by atoms with Crippen LogP contribution in [-0.4, -0.2) is 46.1 Å². The highest BCUT2D eigenvalue weighted by Crippen LogP contribution is 2.55. The second kappa shape index (κ2) is 9.79. The molecule has 0 unspecified atom stereocenters. The lowest BCUT2D eigenvalue weighted by atomic mass is 9.86. The zero-order valence-corrected chi connectivity index (χ0v) is 21.1. The van der Waals surface area contributed by atoms with Crippen LogP contribution >= 0.6 is 15.9 Å². The fraction of sp³-hybridized carbons (Fsp3) is 0.520. The zero-order chi connectivity index (χ0) is 22.8. The molecule has 0 N–H and O–H groups in total. The number of para-hydroxylation sites is 1. The van der Waals surface area contributed by atoms with Crippen molar-refractivity contribution >= 4 is 15.9 Å². The Labute approximate surface area is 198 Å². The zero-order valence-electron chi connectivity index (χ0n) is 19.5. The van der Waals surface area contributed by atoms with E-state index in [9.17, 15) is 0 Å². The fourth-order valence-corrected chi connectivity index (χ4v) is 5.47. The van der Waals surface area contributed by atoms with Crippen LogP contribution in [0.1, 0.15) is 43.0 Å². The lowest BCUT2D eigenvalue weighted by Crippen LogP contribution is -2.38. The van der Waals surface area contributed by atoms with E-state index in [-0.39, 0.29) is 12.8 Å². The highest BCUT2D eigenvalue weighted by molar-refractivity contribution is 9.10. The maximum absolute atomic E-state index is 5.95. The van der Waals surface area contributed by atoms with Crippen molar-refractivity contribution in [3.05, 3.63) is 39.4 Å². The number of hydrogen-bond donors (Lipinski definition) is 0. The summed E-state index contributed by atoms with van der Waals surface area (Å²) in [6.45, 7) is 6.74. The van der Waals surface area contributed by atoms with Gasteiger partial charge in [-0.3, -0.25) is 4.90 Å². The molecule has 1 atom stereocenters. The van der Waals surface area contributed by atoms with Gasteiger partial charge in [0.25, 0.3) is 0 Å². The Hall–Kier alpha value is -2.12. The average Bonchev–Trinajstić information content (AvgIpc) is 3.28. The van der Waals surface area contributed by atoms with E-state index in [4.69, 9.17) is 23.7 Å². The highest BCUT2D eigenvalue weighted by atomic mass is 79.9. The quantitative estimate of drug-likeness (QED) is 0.479. The van der Waals surface area contributed by atoms with Gasteiger partial charge in [0.2, 0.25) is 12.5 Å². The van der Waals surface area contributed by atoms with Gasteiger partial charge < -0.3 is 23.7 Å². The van der Waals surface area contributed by atoms with E-state index in [0.717, 1.165) is 65.4 Å². The standard InChI is InChI=1S/C25H32BrNO5/c1-15(2)9-11-27-12-10-17-20(23(30-5)25-24(21(17)26)31-14-32-25)18(27)13-16-7-6-8-19(28-3)22(16)29-4/h6-8,15,18H,9-14H2,1-5H3/t18-/m1/s1. The Morgan fingerprint density at radius 2 is 1.81 bits per heavy atom. The SMILES string of the molecule is COc1cccc(C[C@@H]2c3c(c(Br)c4c(c3OC)OCO4)CCN2CCC(C)C)c1OC. The van der Waals surface area contributed by atoms with Crippen molar-refractivity contribution in [1.82, 2.24) is 4.90 Å². The lowest BCUT2D eigenvalue weighted by Gasteiger charge is -2.39. The third-order valence-electron chi connectivity index (χ3n) is 6.37. The summed E-state index contributed by atoms with van der Waals surface area (Å²) >= 11 is 3.80. The number of fused-ring (bicyclic) bond motifs is 2. The van der Waals surface area contributed by atoms with E-state index in [1.165, 1.54) is 11.1 Å². The van der Waals surface area contributed by atoms with Gasteiger partial charge in [-0.25, -0.2) is 0 Å². The van der Waals surface area contributed by atoms with E-state index < -0.39 is 0 Å². The van der Waals surface area contributed by atoms with Crippen LogP contribution < -0.4 is 23.7 Å². The van der Waals surface area contributed by atoms with Crippen LogP contribution in [0.15, 0.2) is 22.7 Å². The maximum atomic E-state index is 5.95. The molecule has 2 aromatic rings. The Balaban J connectivity index is 1.83. The molecule has 0 spiro atoms. The van der Waals surface area contributed by atoms with E-state index in [1.807, 2.05) is 12.1 Å². The molecule has 2 aromatic carbocycles. The highest BCUT2D eigenvalue weighted by Gasteiger charge is 2.38. The van der Waals surface area contributed by atoms with E-state index >= 15 is 0 Å². The smallest absolute Gasteiger partial charge is 0.231 e. The van der Waals surface area contributed by atoms with Crippen LogP contribution in [0.3, 0.4) is 0 Å². The maximum Gasteiger partial charge on any atom is 0.231 e. The van der Waals surface area contributed by atoms with Crippen LogP contribution in [0.4, 0.5) is 0 Å². The summed E-state index contributed by atoms with van der Waals surface area (Å²) in [6.07, 6.45) is 2.83. The number of halogens is 1. The first kappa shape index (κ1) is 23.1. The summed E-state index contributed by atoms with van der Waals surface area (Å²) < 4.78 is 29.8. The summed E-state index contributed by atoms with van der Waals surface area (Å²) in [4.78, 5) is 2.57. The van der Waals surface area contributed by atoms with Gasteiger partial charge in [-0.2, -0.15) is 0 Å². The van der Waals surface area contributed by atoms with E-state index in [2.05, 4.69) is 40.7 Å². The van der Waals surface area contributed by atoms with Gasteiger partial charge >= 0.3 is 0 Å². The predicted octanol–water partition coefficient (Wildman–Crippen LogP) is 5.39. The Morgan fingerprint density at radius 3 is 2.50 bits per heavy atom. The molecule has 0 radical (unpaired) electrons. The molecule has 0 saturated heterocycles. The van der Waals surface area contributed by atoms with E-state index in [1.54, 1.807) is 21.3 Å². The van der Waals surface area contributed by atoms with E-state index in [0.29, 0.717) is 11.7 Å². The van der Waals surface area contributed by atoms with Crippen molar-refractivity contribution in [3.8, 4) is 28.7 Å². The molecule has 0 aromatic heterocycles. The first-order chi connectivity index (χ1) is 15.5. The molecule has 6 nitrogen and oxygen atoms in total. The average molecular weight is 506 g/mol. The normalized spacial score (nSPS) is 17.4. The molecule has 32 heavy (non-hydrogen) atoms. The van der Waals surface area contributed by atoms with Crippen LogP contribution in [-0.2, 0) is 12.8 Å². The first-order valence-corrected chi connectivity index (χ1v) is 11.9. The van der Waals surface area contributed by atoms with Crippen LogP contribution in [0.2, 0.25) is 0 Å². The molecule has 0 aliphatic carbocycles. The number of methoxy groups -OCH3 is 3. The molecule has 0 bridgehead atoms. The molecular formula is C25H32BrNO5. The fourth-order valence-electron chi connectivity index (χ4n) is 4.76. The van der Waals surface area contributed by atoms with Crippen LogP contribution in [0.25, 0.3) is 0 Å². The second-order valence-corrected chi connectivity index (χ2v) is 9.44. The minimum absolute atomic E-state index is 0.110. The molecule has 0 fully saturated rings. The van der Waals surface area contributed by atoms with Gasteiger partial charge in [0.15, 0.2) is 23.0 Å². The summed E-state index contributed by atoms with van der Waals surface area (Å²) in [5.74, 6) is 4.37. The molecule has 4 rings (SSSR count). The number of ether oxygens (including phenoxy) is 5. The predicted molar refractivity (Wildman–Crippen MR) is 128 cm³/mol. The number of hydrogen-bond acceptors (Lipinski definition) is 6. The van der Waals surface area contributed by atoms with Crippen molar-refractivity contribution in [3.63, 3.8) is 0 Å². The van der Waals surface area contributed by atoms with Crippen molar-refractivity contribution in [2.45, 2.75) is 39.2 Å². The largest absolute Gasteiger partial charge is 0.493 e. The first-order valence-electron chi connectivity index (χ1n) is 11.1. The number of benzene rings is 2. The van der Waals surface area contributed by atoms with Gasteiger partial charge in [0, 0.05) is 18.2 Å². The Kier molecular flexibility index (Phi) is 7.05. The lowest BCUT2D eigenvalue weighted by molar-refractivity contribution is 0.165. The van der Waals surface area contributed by atoms with Crippen molar-refractivity contribution in [1.29, 1.82) is 0 Å². The van der Waals surface area contributed by atoms with Gasteiger partial charge in [0.05, 0.1) is 25.8 Å². The van der Waals surface area contributed by atoms with Crippen molar-refractivity contribution in [2.24, 2.45) is 5.92 Å². The third kappa shape index (κ3) is 4.13. The second-order valence-electron chi connectivity index (χ2n) is 8.65. The Bertz CT molecular complexity index is 978. The van der Waals surface area contributed by atoms with Crippen molar-refractivity contribution in [2.75, 3.05) is 41.2 Å². The van der Waals surface area contributed by atoms with Gasteiger partial charge in [0.1, 0.15) is 0 Å². The van der Waals surface area contributed by atoms with Crippen LogP contribution in [0, 0.1) is 5.92 Å². The molecule has 7 heteroatoms. The molecule has 2 aliphatic heterocycles. The third-order valence-corrected chi connectivity index (χ3v) is 7.21. The molecule has 0 saturated carbocycles. The summed E-state index contributed by atoms with van der Waals surface area (Å²) in [6, 6.07) is 6.18. The van der Waals surface area contributed by atoms with Crippen LogP contribution in [0.5, 0.6) is 28.7 Å².